The van der Waals surface area contributed by atoms with Crippen molar-refractivity contribution in [3.63, 3.8) is 0 Å². The number of aryl methyl sites for hydroxylation is 1. The first kappa shape index (κ1) is 13.1. The van der Waals surface area contributed by atoms with Crippen LogP contribution >= 0.6 is 15.9 Å². The molecule has 0 atom stereocenters. The topological polar surface area (TPSA) is 24.9 Å². The van der Waals surface area contributed by atoms with Crippen LogP contribution in [0.25, 0.3) is 10.9 Å². The number of benzene rings is 2. The molecule has 0 fully saturated rings. The zero-order valence-corrected chi connectivity index (χ0v) is 12.8. The smallest absolute Gasteiger partial charge is 0.0723 e. The van der Waals surface area contributed by atoms with Gasteiger partial charge in [-0.1, -0.05) is 25.1 Å². The average molecular weight is 327 g/mol. The molecule has 0 radical (unpaired) electrons. The average Bonchev–Trinajstić information content (AvgIpc) is 2.49. The van der Waals surface area contributed by atoms with Gasteiger partial charge in [0.25, 0.3) is 0 Å². The van der Waals surface area contributed by atoms with Crippen molar-refractivity contribution in [1.82, 2.24) is 4.98 Å². The fraction of sp³-hybridized carbons (Fsp3) is 0.118. The van der Waals surface area contributed by atoms with Crippen molar-refractivity contribution in [1.29, 1.82) is 0 Å². The van der Waals surface area contributed by atoms with Crippen LogP contribution in [0.4, 0.5) is 11.4 Å². The van der Waals surface area contributed by atoms with Gasteiger partial charge in [-0.2, -0.15) is 0 Å². The number of nitrogens with zero attached hydrogens (tertiary/aromatic N) is 1. The summed E-state index contributed by atoms with van der Waals surface area (Å²) < 4.78 is 1.05. The zero-order valence-electron chi connectivity index (χ0n) is 11.2. The Labute approximate surface area is 127 Å². The van der Waals surface area contributed by atoms with Gasteiger partial charge in [0.05, 0.1) is 11.2 Å². The van der Waals surface area contributed by atoms with Gasteiger partial charge in [-0.15, -0.1) is 0 Å². The Balaban J connectivity index is 2.09. The molecule has 3 heteroatoms. The predicted molar refractivity (Wildman–Crippen MR) is 88.5 cm³/mol. The highest BCUT2D eigenvalue weighted by Gasteiger charge is 2.05. The second kappa shape index (κ2) is 5.63. The largest absolute Gasteiger partial charge is 0.354 e. The van der Waals surface area contributed by atoms with Crippen molar-refractivity contribution < 1.29 is 0 Å². The van der Waals surface area contributed by atoms with Gasteiger partial charge in [-0.25, -0.2) is 0 Å². The number of pyridine rings is 1. The van der Waals surface area contributed by atoms with Gasteiger partial charge >= 0.3 is 0 Å². The monoisotopic (exact) mass is 326 g/mol. The summed E-state index contributed by atoms with van der Waals surface area (Å²) in [5, 5.41) is 4.63. The standard InChI is InChI=1S/C17H15BrN2/c1-2-12-7-8-15-13(11-12)16(9-10-19-15)20-17-6-4-3-5-14(17)18/h3-11H,2H2,1H3,(H,19,20). The summed E-state index contributed by atoms with van der Waals surface area (Å²) in [5.41, 5.74) is 4.47. The molecule has 2 nitrogen and oxygen atoms in total. The van der Waals surface area contributed by atoms with E-state index in [4.69, 9.17) is 0 Å². The zero-order chi connectivity index (χ0) is 13.9. The highest BCUT2D eigenvalue weighted by molar-refractivity contribution is 9.10. The third-order valence-corrected chi connectivity index (χ3v) is 4.05. The van der Waals surface area contributed by atoms with Gasteiger partial charge < -0.3 is 5.32 Å². The molecule has 0 bridgehead atoms. The molecule has 0 saturated heterocycles. The Bertz CT molecular complexity index is 753. The molecule has 1 aromatic heterocycles. The molecule has 2 aromatic carbocycles. The second-order valence-electron chi connectivity index (χ2n) is 4.67. The van der Waals surface area contributed by atoms with Crippen LogP contribution in [0.2, 0.25) is 0 Å². The first-order valence-corrected chi connectivity index (χ1v) is 7.46. The number of hydrogen-bond acceptors (Lipinski definition) is 2. The van der Waals surface area contributed by atoms with E-state index in [0.29, 0.717) is 0 Å². The van der Waals surface area contributed by atoms with E-state index in [1.165, 1.54) is 5.56 Å². The number of fused-ring (bicyclic) bond motifs is 1. The summed E-state index contributed by atoms with van der Waals surface area (Å²) in [6.07, 6.45) is 2.87. The number of rotatable bonds is 3. The lowest BCUT2D eigenvalue weighted by Crippen LogP contribution is -1.94. The quantitative estimate of drug-likeness (QED) is 0.706. The highest BCUT2D eigenvalue weighted by atomic mass is 79.9. The number of aromatic nitrogens is 1. The molecular weight excluding hydrogens is 312 g/mol. The molecule has 1 heterocycles. The van der Waals surface area contributed by atoms with Crippen LogP contribution in [-0.4, -0.2) is 4.98 Å². The van der Waals surface area contributed by atoms with E-state index in [1.54, 1.807) is 0 Å². The van der Waals surface area contributed by atoms with Crippen LogP contribution < -0.4 is 5.32 Å². The van der Waals surface area contributed by atoms with E-state index in [0.717, 1.165) is 33.2 Å². The summed E-state index contributed by atoms with van der Waals surface area (Å²) in [4.78, 5) is 4.43. The molecule has 100 valence electrons. The van der Waals surface area contributed by atoms with Crippen LogP contribution in [0.3, 0.4) is 0 Å². The maximum atomic E-state index is 4.43. The third-order valence-electron chi connectivity index (χ3n) is 3.36. The SMILES string of the molecule is CCc1ccc2nccc(Nc3ccccc3Br)c2c1. The van der Waals surface area contributed by atoms with Gasteiger partial charge in [0.2, 0.25) is 0 Å². The second-order valence-corrected chi connectivity index (χ2v) is 5.52. The summed E-state index contributed by atoms with van der Waals surface area (Å²) in [6, 6.07) is 16.6. The minimum Gasteiger partial charge on any atom is -0.354 e. The molecule has 1 N–H and O–H groups in total. The number of anilines is 2. The lowest BCUT2D eigenvalue weighted by atomic mass is 10.1. The fourth-order valence-corrected chi connectivity index (χ4v) is 2.61. The van der Waals surface area contributed by atoms with Crippen LogP contribution in [-0.2, 0) is 6.42 Å². The van der Waals surface area contributed by atoms with Crippen molar-refractivity contribution in [2.75, 3.05) is 5.32 Å². The molecule has 20 heavy (non-hydrogen) atoms. The Morgan fingerprint density at radius 3 is 2.70 bits per heavy atom. The van der Waals surface area contributed by atoms with E-state index < -0.39 is 0 Å². The van der Waals surface area contributed by atoms with Crippen LogP contribution in [0.15, 0.2) is 59.2 Å². The Morgan fingerprint density at radius 1 is 1.05 bits per heavy atom. The van der Waals surface area contributed by atoms with Gasteiger partial charge in [0.15, 0.2) is 0 Å². The number of nitrogens with one attached hydrogen (secondary N) is 1. The third kappa shape index (κ3) is 2.54. The fourth-order valence-electron chi connectivity index (χ4n) is 2.23. The Kier molecular flexibility index (Phi) is 3.70. The van der Waals surface area contributed by atoms with Crippen molar-refractivity contribution in [3.05, 3.63) is 64.8 Å². The van der Waals surface area contributed by atoms with Crippen LogP contribution in [0, 0.1) is 0 Å². The van der Waals surface area contributed by atoms with Crippen LogP contribution in [0.1, 0.15) is 12.5 Å². The maximum absolute atomic E-state index is 4.43. The van der Waals surface area contributed by atoms with Gasteiger partial charge in [-0.3, -0.25) is 4.98 Å². The number of para-hydroxylation sites is 1. The van der Waals surface area contributed by atoms with Crippen LogP contribution in [0.5, 0.6) is 0 Å². The van der Waals surface area contributed by atoms with E-state index >= 15 is 0 Å². The normalized spacial score (nSPS) is 10.7. The molecule has 3 aromatic rings. The Morgan fingerprint density at radius 2 is 1.90 bits per heavy atom. The van der Waals surface area contributed by atoms with E-state index in [9.17, 15) is 0 Å². The molecule has 0 spiro atoms. The minimum atomic E-state index is 1.01. The molecule has 0 aliphatic heterocycles. The summed E-state index contributed by atoms with van der Waals surface area (Å²) in [5.74, 6) is 0. The Hall–Kier alpha value is -1.87. The lowest BCUT2D eigenvalue weighted by Gasteiger charge is -2.11. The lowest BCUT2D eigenvalue weighted by molar-refractivity contribution is 1.14. The number of halogens is 1. The minimum absolute atomic E-state index is 1.01. The van der Waals surface area contributed by atoms with E-state index in [-0.39, 0.29) is 0 Å². The maximum Gasteiger partial charge on any atom is 0.0723 e. The van der Waals surface area contributed by atoms with E-state index in [2.05, 4.69) is 57.4 Å². The summed E-state index contributed by atoms with van der Waals surface area (Å²) in [6.45, 7) is 2.17. The summed E-state index contributed by atoms with van der Waals surface area (Å²) in [7, 11) is 0. The molecule has 3 rings (SSSR count). The predicted octanol–water partition coefficient (Wildman–Crippen LogP) is 5.30. The molecule has 0 aliphatic carbocycles. The molecular formula is C17H15BrN2. The van der Waals surface area contributed by atoms with Crippen molar-refractivity contribution in [2.45, 2.75) is 13.3 Å². The van der Waals surface area contributed by atoms with Crippen molar-refractivity contribution in [3.8, 4) is 0 Å². The first-order valence-electron chi connectivity index (χ1n) is 6.67. The first-order chi connectivity index (χ1) is 9.78. The summed E-state index contributed by atoms with van der Waals surface area (Å²) >= 11 is 3.57. The molecule has 0 aliphatic rings. The molecule has 0 amide bonds. The van der Waals surface area contributed by atoms with Crippen molar-refractivity contribution in [2.24, 2.45) is 0 Å². The van der Waals surface area contributed by atoms with Gasteiger partial charge in [0, 0.05) is 21.7 Å². The van der Waals surface area contributed by atoms with Crippen molar-refractivity contribution >= 4 is 38.2 Å². The molecule has 0 unspecified atom stereocenters. The number of hydrogen-bond donors (Lipinski definition) is 1. The highest BCUT2D eigenvalue weighted by Crippen LogP contribution is 2.29. The van der Waals surface area contributed by atoms with E-state index in [1.807, 2.05) is 30.5 Å². The van der Waals surface area contributed by atoms with Gasteiger partial charge in [-0.05, 0) is 58.2 Å². The molecule has 0 saturated carbocycles. The van der Waals surface area contributed by atoms with Gasteiger partial charge in [0.1, 0.15) is 0 Å².